The Bertz CT molecular complexity index is 674. The molecule has 1 aromatic carbocycles. The zero-order valence-electron chi connectivity index (χ0n) is 15.6. The van der Waals surface area contributed by atoms with Crippen LogP contribution < -0.4 is 15.4 Å². The molecule has 1 fully saturated rings. The summed E-state index contributed by atoms with van der Waals surface area (Å²) >= 11 is 0. The van der Waals surface area contributed by atoms with Crippen LogP contribution in [0.5, 0.6) is 5.75 Å². The Morgan fingerprint density at radius 1 is 1.04 bits per heavy atom. The number of nitrogens with one attached hydrogen (secondary N) is 2. The summed E-state index contributed by atoms with van der Waals surface area (Å²) in [6.45, 7) is 2.89. The van der Waals surface area contributed by atoms with E-state index in [1.54, 1.807) is 25.1 Å². The van der Waals surface area contributed by atoms with Crippen LogP contribution >= 0.6 is 0 Å². The van der Waals surface area contributed by atoms with Gasteiger partial charge in [0.1, 0.15) is 5.75 Å². The lowest BCUT2D eigenvalue weighted by molar-refractivity contribution is -0.116. The molecule has 0 spiro atoms. The van der Waals surface area contributed by atoms with Gasteiger partial charge < -0.3 is 20.1 Å². The lowest BCUT2D eigenvalue weighted by atomic mass is 10.2. The van der Waals surface area contributed by atoms with Gasteiger partial charge in [-0.3, -0.25) is 9.59 Å². The van der Waals surface area contributed by atoms with E-state index in [-0.39, 0.29) is 18.4 Å². The minimum absolute atomic E-state index is 0.0598. The van der Waals surface area contributed by atoms with Crippen molar-refractivity contribution in [2.75, 3.05) is 19.7 Å². The average Bonchev–Trinajstić information content (AvgIpc) is 3.15. The summed E-state index contributed by atoms with van der Waals surface area (Å²) in [5.41, 5.74) is 1.68. The number of hydrogen-bond acceptors (Lipinski definition) is 5. The number of rotatable bonds is 8. The van der Waals surface area contributed by atoms with Gasteiger partial charge >= 0.3 is 6.16 Å². The molecule has 0 unspecified atom stereocenters. The Morgan fingerprint density at radius 3 is 2.37 bits per heavy atom. The summed E-state index contributed by atoms with van der Waals surface area (Å²) in [5, 5.41) is 5.62. The van der Waals surface area contributed by atoms with E-state index in [9.17, 15) is 14.4 Å². The number of amides is 2. The van der Waals surface area contributed by atoms with E-state index >= 15 is 0 Å². The number of ether oxygens (including phenoxy) is 2. The molecule has 27 heavy (non-hydrogen) atoms. The number of allylic oxidation sites excluding steroid dienone is 1. The summed E-state index contributed by atoms with van der Waals surface area (Å²) in [6.07, 6.45) is 5.94. The lowest BCUT2D eigenvalue weighted by Gasteiger charge is -2.07. The molecule has 2 N–H and O–H groups in total. The number of carbonyl (C=O) groups is 3. The van der Waals surface area contributed by atoms with E-state index in [0.29, 0.717) is 30.8 Å². The Morgan fingerprint density at radius 2 is 1.70 bits per heavy atom. The SMILES string of the molecule is CCOC(=O)Oc1ccc(C(=O)NCCCNC(=O)C=C2CCCC2)cc1. The average molecular weight is 374 g/mol. The van der Waals surface area contributed by atoms with Crippen LogP contribution in [0.15, 0.2) is 35.9 Å². The molecule has 1 saturated carbocycles. The van der Waals surface area contributed by atoms with E-state index in [1.165, 1.54) is 30.5 Å². The van der Waals surface area contributed by atoms with Crippen molar-refractivity contribution in [3.8, 4) is 5.75 Å². The number of carbonyl (C=O) groups excluding carboxylic acids is 3. The maximum absolute atomic E-state index is 12.1. The molecule has 0 bridgehead atoms. The standard InChI is InChI=1S/C20H26N2O5/c1-2-26-20(25)27-17-10-8-16(9-11-17)19(24)22-13-5-12-21-18(23)14-15-6-3-4-7-15/h8-11,14H,2-7,12-13H2,1H3,(H,21,23)(H,22,24). The van der Waals surface area contributed by atoms with Crippen LogP contribution in [0.2, 0.25) is 0 Å². The highest BCUT2D eigenvalue weighted by Gasteiger charge is 2.09. The third-order valence-corrected chi connectivity index (χ3v) is 4.10. The molecule has 1 aromatic rings. The highest BCUT2D eigenvalue weighted by Crippen LogP contribution is 2.23. The van der Waals surface area contributed by atoms with Crippen molar-refractivity contribution >= 4 is 18.0 Å². The van der Waals surface area contributed by atoms with Gasteiger partial charge in [0.2, 0.25) is 5.91 Å². The van der Waals surface area contributed by atoms with Gasteiger partial charge in [-0.25, -0.2) is 4.79 Å². The molecule has 0 heterocycles. The summed E-state index contributed by atoms with van der Waals surface area (Å²) in [6, 6.07) is 6.20. The zero-order chi connectivity index (χ0) is 19.5. The van der Waals surface area contributed by atoms with Crippen molar-refractivity contribution in [3.05, 3.63) is 41.5 Å². The normalized spacial score (nSPS) is 13.0. The van der Waals surface area contributed by atoms with Gasteiger partial charge in [0.15, 0.2) is 0 Å². The molecule has 7 heteroatoms. The van der Waals surface area contributed by atoms with Crippen LogP contribution in [-0.2, 0) is 9.53 Å². The summed E-state index contributed by atoms with van der Waals surface area (Å²) in [4.78, 5) is 35.0. The first-order chi connectivity index (χ1) is 13.1. The fraction of sp³-hybridized carbons (Fsp3) is 0.450. The van der Waals surface area contributed by atoms with E-state index < -0.39 is 6.16 Å². The quantitative estimate of drug-likeness (QED) is 0.316. The predicted octanol–water partition coefficient (Wildman–Crippen LogP) is 2.96. The fourth-order valence-electron chi connectivity index (χ4n) is 2.73. The van der Waals surface area contributed by atoms with Crippen molar-refractivity contribution < 1.29 is 23.9 Å². The van der Waals surface area contributed by atoms with Gasteiger partial charge in [0, 0.05) is 24.7 Å². The highest BCUT2D eigenvalue weighted by molar-refractivity contribution is 5.94. The maximum atomic E-state index is 12.1. The van der Waals surface area contributed by atoms with Crippen LogP contribution in [0.25, 0.3) is 0 Å². The molecule has 2 amide bonds. The molecule has 1 aliphatic carbocycles. The third kappa shape index (κ3) is 7.52. The summed E-state index contributed by atoms with van der Waals surface area (Å²) in [7, 11) is 0. The zero-order valence-corrected chi connectivity index (χ0v) is 15.6. The maximum Gasteiger partial charge on any atom is 0.513 e. The second kappa shape index (κ2) is 11.0. The minimum atomic E-state index is -0.777. The van der Waals surface area contributed by atoms with Crippen molar-refractivity contribution in [3.63, 3.8) is 0 Å². The molecule has 7 nitrogen and oxygen atoms in total. The first kappa shape index (κ1) is 20.5. The molecule has 0 atom stereocenters. The summed E-state index contributed by atoms with van der Waals surface area (Å²) in [5.74, 6) is 0.0246. The predicted molar refractivity (Wildman–Crippen MR) is 101 cm³/mol. The minimum Gasteiger partial charge on any atom is -0.434 e. The first-order valence-corrected chi connectivity index (χ1v) is 9.28. The topological polar surface area (TPSA) is 93.7 Å². The Hall–Kier alpha value is -2.83. The van der Waals surface area contributed by atoms with Crippen molar-refractivity contribution in [2.45, 2.75) is 39.0 Å². The molecule has 0 radical (unpaired) electrons. The van der Waals surface area contributed by atoms with Crippen molar-refractivity contribution in [2.24, 2.45) is 0 Å². The number of hydrogen-bond donors (Lipinski definition) is 2. The Kier molecular flexibility index (Phi) is 8.35. The van der Waals surface area contributed by atoms with Gasteiger partial charge in [-0.15, -0.1) is 0 Å². The van der Waals surface area contributed by atoms with Gasteiger partial charge in [0.05, 0.1) is 6.61 Å². The van der Waals surface area contributed by atoms with Crippen molar-refractivity contribution in [1.29, 1.82) is 0 Å². The molecule has 146 valence electrons. The van der Waals surface area contributed by atoms with Gasteiger partial charge in [-0.1, -0.05) is 5.57 Å². The molecular weight excluding hydrogens is 348 g/mol. The van der Waals surface area contributed by atoms with E-state index in [1.807, 2.05) is 0 Å². The lowest BCUT2D eigenvalue weighted by Crippen LogP contribution is -2.29. The van der Waals surface area contributed by atoms with Gasteiger partial charge in [-0.2, -0.15) is 0 Å². The molecular formula is C20H26N2O5. The highest BCUT2D eigenvalue weighted by atomic mass is 16.7. The van der Waals surface area contributed by atoms with E-state index in [0.717, 1.165) is 12.8 Å². The second-order valence-electron chi connectivity index (χ2n) is 6.22. The fourth-order valence-corrected chi connectivity index (χ4v) is 2.73. The molecule has 2 rings (SSSR count). The smallest absolute Gasteiger partial charge is 0.434 e. The van der Waals surface area contributed by atoms with Crippen LogP contribution in [0.1, 0.15) is 49.4 Å². The van der Waals surface area contributed by atoms with E-state index in [4.69, 9.17) is 4.74 Å². The molecule has 1 aliphatic rings. The third-order valence-electron chi connectivity index (χ3n) is 4.10. The van der Waals surface area contributed by atoms with Crippen molar-refractivity contribution in [1.82, 2.24) is 10.6 Å². The Balaban J connectivity index is 1.64. The first-order valence-electron chi connectivity index (χ1n) is 9.28. The summed E-state index contributed by atoms with van der Waals surface area (Å²) < 4.78 is 9.61. The van der Waals surface area contributed by atoms with Crippen LogP contribution in [-0.4, -0.2) is 37.7 Å². The second-order valence-corrected chi connectivity index (χ2v) is 6.22. The molecule has 0 aromatic heterocycles. The Labute approximate surface area is 159 Å². The molecule has 0 aliphatic heterocycles. The van der Waals surface area contributed by atoms with Crippen LogP contribution in [0.4, 0.5) is 4.79 Å². The van der Waals surface area contributed by atoms with Crippen LogP contribution in [0.3, 0.4) is 0 Å². The van der Waals surface area contributed by atoms with Gasteiger partial charge in [-0.05, 0) is 63.3 Å². The van der Waals surface area contributed by atoms with Gasteiger partial charge in [0.25, 0.3) is 5.91 Å². The van der Waals surface area contributed by atoms with E-state index in [2.05, 4.69) is 15.4 Å². The number of benzene rings is 1. The molecule has 0 saturated heterocycles. The largest absolute Gasteiger partial charge is 0.513 e. The monoisotopic (exact) mass is 374 g/mol. The van der Waals surface area contributed by atoms with Crippen LogP contribution in [0, 0.1) is 0 Å².